The summed E-state index contributed by atoms with van der Waals surface area (Å²) >= 11 is 5.97. The Morgan fingerprint density at radius 2 is 1.70 bits per heavy atom. The van der Waals surface area contributed by atoms with E-state index in [0.717, 1.165) is 23.5 Å². The summed E-state index contributed by atoms with van der Waals surface area (Å²) < 4.78 is 23.4. The summed E-state index contributed by atoms with van der Waals surface area (Å²) in [6.07, 6.45) is 1.45. The second-order valence-corrected chi connectivity index (χ2v) is 6.16. The van der Waals surface area contributed by atoms with Crippen LogP contribution in [0.4, 0.5) is 4.39 Å². The molecule has 1 aliphatic heterocycles. The van der Waals surface area contributed by atoms with Crippen LogP contribution in [0.3, 0.4) is 0 Å². The van der Waals surface area contributed by atoms with Gasteiger partial charge in [0.15, 0.2) is 0 Å². The summed E-state index contributed by atoms with van der Waals surface area (Å²) in [5, 5.41) is 0.0945. The number of hydrogen-bond donors (Lipinski definition) is 0. The summed E-state index contributed by atoms with van der Waals surface area (Å²) in [5.41, 5.74) is -1.24. The predicted octanol–water partition coefficient (Wildman–Crippen LogP) is 2.17. The van der Waals surface area contributed by atoms with Crippen LogP contribution in [0.1, 0.15) is 26.7 Å². The average Bonchev–Trinajstić information content (AvgIpc) is 2.74. The van der Waals surface area contributed by atoms with Crippen molar-refractivity contribution in [1.29, 1.82) is 0 Å². The first-order valence-electron chi connectivity index (χ1n) is 7.49. The molecule has 8 heteroatoms. The van der Waals surface area contributed by atoms with E-state index in [4.69, 9.17) is 16.3 Å². The van der Waals surface area contributed by atoms with Crippen LogP contribution >= 0.6 is 11.6 Å². The third-order valence-electron chi connectivity index (χ3n) is 3.71. The van der Waals surface area contributed by atoms with Gasteiger partial charge in [0.2, 0.25) is 0 Å². The Balaban J connectivity index is 2.22. The Morgan fingerprint density at radius 1 is 1.13 bits per heavy atom. The van der Waals surface area contributed by atoms with Crippen molar-refractivity contribution in [2.45, 2.75) is 45.9 Å². The van der Waals surface area contributed by atoms with E-state index in [-0.39, 0.29) is 22.6 Å². The molecule has 2 heterocycles. The minimum absolute atomic E-state index is 0.0945. The smallest absolute Gasteiger partial charge is 0.351 e. The number of aromatic nitrogens is 3. The Morgan fingerprint density at radius 3 is 2.22 bits per heavy atom. The fourth-order valence-electron chi connectivity index (χ4n) is 2.72. The van der Waals surface area contributed by atoms with Crippen molar-refractivity contribution in [3.8, 4) is 11.4 Å². The molecule has 0 amide bonds. The number of fused-ring (bicyclic) bond motifs is 1. The molecule has 0 bridgehead atoms. The molecule has 0 fully saturated rings. The lowest BCUT2D eigenvalue weighted by Crippen LogP contribution is -2.30. The molecular formula is C15H17ClFN3O3. The van der Waals surface area contributed by atoms with Crippen LogP contribution in [0.25, 0.3) is 5.69 Å². The minimum Gasteiger partial charge on any atom is -0.489 e. The van der Waals surface area contributed by atoms with Crippen molar-refractivity contribution < 1.29 is 9.13 Å². The Hall–Kier alpha value is -2.02. The molecule has 1 aliphatic rings. The predicted molar refractivity (Wildman–Crippen MR) is 84.3 cm³/mol. The highest BCUT2D eigenvalue weighted by molar-refractivity contribution is 6.32. The number of benzene rings is 1. The van der Waals surface area contributed by atoms with Gasteiger partial charge in [-0.3, -0.25) is 0 Å². The molecule has 0 atom stereocenters. The highest BCUT2D eigenvalue weighted by atomic mass is 35.5. The molecule has 0 spiro atoms. The maximum atomic E-state index is 14.3. The molecular weight excluding hydrogens is 325 g/mol. The monoisotopic (exact) mass is 341 g/mol. The number of nitrogens with zero attached hydrogens (tertiary/aromatic N) is 3. The largest absolute Gasteiger partial charge is 0.489 e. The van der Waals surface area contributed by atoms with Gasteiger partial charge in [-0.25, -0.2) is 27.9 Å². The lowest BCUT2D eigenvalue weighted by atomic mass is 10.2. The van der Waals surface area contributed by atoms with Gasteiger partial charge in [-0.05, 0) is 32.8 Å². The molecule has 0 N–H and O–H groups in total. The van der Waals surface area contributed by atoms with Gasteiger partial charge in [-0.2, -0.15) is 0 Å². The van der Waals surface area contributed by atoms with Crippen LogP contribution in [0.2, 0.25) is 5.02 Å². The second kappa shape index (κ2) is 5.88. The summed E-state index contributed by atoms with van der Waals surface area (Å²) in [5.74, 6) is -0.507. The van der Waals surface area contributed by atoms with Crippen LogP contribution in [-0.4, -0.2) is 20.0 Å². The third-order valence-corrected chi connectivity index (χ3v) is 4.01. The molecule has 0 saturated heterocycles. The average molecular weight is 342 g/mol. The topological polar surface area (TPSA) is 58.2 Å². The second-order valence-electron chi connectivity index (χ2n) is 5.75. The zero-order valence-corrected chi connectivity index (χ0v) is 13.6. The minimum atomic E-state index is -0.742. The standard InChI is InChI=1S/C15H17ClFN3O3/c1-9(2)23-13-8-12(11(17)7-10(13)16)20-14(21)18-5-3-4-6-19(18)15(20)22/h7-9H,3-6H2,1-2H3. The third kappa shape index (κ3) is 2.69. The van der Waals surface area contributed by atoms with E-state index in [9.17, 15) is 14.0 Å². The molecule has 1 aromatic carbocycles. The van der Waals surface area contributed by atoms with E-state index < -0.39 is 17.2 Å². The van der Waals surface area contributed by atoms with Crippen LogP contribution in [0, 0.1) is 5.82 Å². The maximum Gasteiger partial charge on any atom is 0.351 e. The maximum absolute atomic E-state index is 14.3. The van der Waals surface area contributed by atoms with E-state index in [1.165, 1.54) is 15.4 Å². The fraction of sp³-hybridized carbons (Fsp3) is 0.467. The van der Waals surface area contributed by atoms with E-state index in [1.54, 1.807) is 13.8 Å². The number of ether oxygens (including phenoxy) is 1. The Kier molecular flexibility index (Phi) is 4.06. The molecule has 23 heavy (non-hydrogen) atoms. The summed E-state index contributed by atoms with van der Waals surface area (Å²) in [6.45, 7) is 4.51. The first-order chi connectivity index (χ1) is 10.9. The highest BCUT2D eigenvalue weighted by Gasteiger charge is 2.23. The van der Waals surface area contributed by atoms with Crippen molar-refractivity contribution in [3.05, 3.63) is 43.9 Å². The molecule has 1 aromatic heterocycles. The first-order valence-corrected chi connectivity index (χ1v) is 7.86. The molecule has 0 unspecified atom stereocenters. The molecule has 2 aromatic rings. The van der Waals surface area contributed by atoms with Crippen molar-refractivity contribution in [3.63, 3.8) is 0 Å². The van der Waals surface area contributed by atoms with Crippen LogP contribution < -0.4 is 16.1 Å². The molecule has 3 rings (SSSR count). The highest BCUT2D eigenvalue weighted by Crippen LogP contribution is 2.29. The van der Waals surface area contributed by atoms with Gasteiger partial charge < -0.3 is 4.74 Å². The molecule has 0 saturated carbocycles. The lowest BCUT2D eigenvalue weighted by molar-refractivity contribution is 0.242. The molecule has 0 radical (unpaired) electrons. The van der Waals surface area contributed by atoms with E-state index in [2.05, 4.69) is 0 Å². The van der Waals surface area contributed by atoms with Gasteiger partial charge in [0.05, 0.1) is 16.8 Å². The van der Waals surface area contributed by atoms with Gasteiger partial charge in [0, 0.05) is 19.2 Å². The summed E-state index contributed by atoms with van der Waals surface area (Å²) in [7, 11) is 0. The van der Waals surface area contributed by atoms with Gasteiger partial charge in [-0.1, -0.05) is 11.6 Å². The summed E-state index contributed by atoms with van der Waals surface area (Å²) in [4.78, 5) is 24.9. The van der Waals surface area contributed by atoms with E-state index in [1.807, 2.05) is 0 Å². The zero-order chi connectivity index (χ0) is 16.7. The molecule has 0 aliphatic carbocycles. The Bertz CT molecular complexity index is 829. The van der Waals surface area contributed by atoms with Crippen LogP contribution in [-0.2, 0) is 13.1 Å². The molecule has 124 valence electrons. The van der Waals surface area contributed by atoms with Crippen molar-refractivity contribution >= 4 is 11.6 Å². The number of halogens is 2. The van der Waals surface area contributed by atoms with Crippen molar-refractivity contribution in [1.82, 2.24) is 13.9 Å². The number of hydrogen-bond acceptors (Lipinski definition) is 3. The first kappa shape index (κ1) is 15.9. The van der Waals surface area contributed by atoms with E-state index >= 15 is 0 Å². The van der Waals surface area contributed by atoms with Crippen LogP contribution in [0.15, 0.2) is 21.7 Å². The molecule has 6 nitrogen and oxygen atoms in total. The van der Waals surface area contributed by atoms with Gasteiger partial charge in [0.25, 0.3) is 0 Å². The fourth-order valence-corrected chi connectivity index (χ4v) is 2.91. The number of rotatable bonds is 3. The quantitative estimate of drug-likeness (QED) is 0.859. The van der Waals surface area contributed by atoms with Gasteiger partial charge >= 0.3 is 11.4 Å². The zero-order valence-electron chi connectivity index (χ0n) is 12.9. The lowest BCUT2D eigenvalue weighted by Gasteiger charge is -2.13. The van der Waals surface area contributed by atoms with Crippen LogP contribution in [0.5, 0.6) is 5.75 Å². The summed E-state index contributed by atoms with van der Waals surface area (Å²) in [6, 6.07) is 2.36. The van der Waals surface area contributed by atoms with Crippen molar-refractivity contribution in [2.24, 2.45) is 0 Å². The Labute approximate surface area is 136 Å². The SMILES string of the molecule is CC(C)Oc1cc(-n2c(=O)n3n(c2=O)CCCC3)c(F)cc1Cl. The van der Waals surface area contributed by atoms with E-state index in [0.29, 0.717) is 13.1 Å². The van der Waals surface area contributed by atoms with Gasteiger partial charge in [0.1, 0.15) is 11.6 Å². The van der Waals surface area contributed by atoms with Crippen molar-refractivity contribution in [2.75, 3.05) is 0 Å². The normalized spacial score (nSPS) is 14.1. The van der Waals surface area contributed by atoms with Gasteiger partial charge in [-0.15, -0.1) is 0 Å².